The normalized spacial score (nSPS) is 14.1. The minimum absolute atomic E-state index is 0.117. The van der Waals surface area contributed by atoms with Gasteiger partial charge in [0, 0.05) is 29.0 Å². The van der Waals surface area contributed by atoms with Crippen molar-refractivity contribution in [3.8, 4) is 0 Å². The topological polar surface area (TPSA) is 38.3 Å². The zero-order chi connectivity index (χ0) is 12.1. The van der Waals surface area contributed by atoms with E-state index in [-0.39, 0.29) is 12.3 Å². The molecule has 0 amide bonds. The molecular weight excluding hydrogens is 272 g/mol. The summed E-state index contributed by atoms with van der Waals surface area (Å²) in [5.41, 5.74) is 0. The molecule has 0 saturated heterocycles. The van der Waals surface area contributed by atoms with Crippen LogP contribution in [0.2, 0.25) is 0 Å². The van der Waals surface area contributed by atoms with Crippen LogP contribution in [0.15, 0.2) is 0 Å². The number of carbonyl (C=O) groups is 1. The van der Waals surface area contributed by atoms with Crippen molar-refractivity contribution in [1.82, 2.24) is 4.34 Å². The van der Waals surface area contributed by atoms with Gasteiger partial charge in [-0.05, 0) is 5.92 Å². The highest BCUT2D eigenvalue weighted by atomic mass is 79.9. The first-order valence-corrected chi connectivity index (χ1v) is 5.43. The van der Waals surface area contributed by atoms with Gasteiger partial charge in [0.05, 0.1) is 7.11 Å². The molecule has 0 radical (unpaired) electrons. The van der Waals surface area contributed by atoms with Gasteiger partial charge in [0.15, 0.2) is 0 Å². The molecule has 0 unspecified atom stereocenters. The summed E-state index contributed by atoms with van der Waals surface area (Å²) in [5, 5.41) is 0. The van der Waals surface area contributed by atoms with Crippen LogP contribution >= 0.6 is 16.1 Å². The number of ether oxygens (including phenoxy) is 1. The molecule has 90 valence electrons. The van der Waals surface area contributed by atoms with Crippen molar-refractivity contribution in [3.05, 3.63) is 0 Å². The van der Waals surface area contributed by atoms with E-state index in [1.165, 1.54) is 7.11 Å². The zero-order valence-electron chi connectivity index (χ0n) is 9.02. The fourth-order valence-corrected chi connectivity index (χ4v) is 1.64. The van der Waals surface area contributed by atoms with Gasteiger partial charge in [-0.25, -0.2) is 13.1 Å². The molecule has 0 aliphatic rings. The van der Waals surface area contributed by atoms with E-state index in [0.29, 0.717) is 0 Å². The van der Waals surface area contributed by atoms with E-state index in [1.807, 2.05) is 0 Å². The Morgan fingerprint density at radius 2 is 2.00 bits per heavy atom. The molecule has 0 aliphatic heterocycles. The second-order valence-corrected chi connectivity index (χ2v) is 4.30. The Morgan fingerprint density at radius 1 is 1.47 bits per heavy atom. The van der Waals surface area contributed by atoms with E-state index in [4.69, 9.17) is 0 Å². The number of rotatable bonds is 6. The Bertz CT molecular complexity index is 212. The molecule has 0 bridgehead atoms. The SMILES string of the molecule is COC(=O)[C@H](CC(F)(F)CC(C)C)NBr. The maximum Gasteiger partial charge on any atom is 0.323 e. The molecule has 0 aromatic carbocycles. The summed E-state index contributed by atoms with van der Waals surface area (Å²) in [6.07, 6.45) is -0.807. The maximum atomic E-state index is 13.3. The second-order valence-electron chi connectivity index (χ2n) is 3.84. The number of hydrogen-bond donors (Lipinski definition) is 1. The summed E-state index contributed by atoms with van der Waals surface area (Å²) >= 11 is 2.79. The third kappa shape index (κ3) is 6.04. The number of alkyl halides is 2. The Labute approximate surface area is 96.9 Å². The van der Waals surface area contributed by atoms with Crippen LogP contribution in [0, 0.1) is 5.92 Å². The van der Waals surface area contributed by atoms with Crippen molar-refractivity contribution in [2.45, 2.75) is 38.7 Å². The van der Waals surface area contributed by atoms with Crippen LogP contribution in [-0.4, -0.2) is 25.0 Å². The lowest BCUT2D eigenvalue weighted by molar-refractivity contribution is -0.145. The first kappa shape index (κ1) is 14.8. The van der Waals surface area contributed by atoms with Gasteiger partial charge in [0.2, 0.25) is 0 Å². The lowest BCUT2D eigenvalue weighted by Crippen LogP contribution is -2.38. The van der Waals surface area contributed by atoms with Crippen LogP contribution in [0.5, 0.6) is 0 Å². The molecule has 1 atom stereocenters. The van der Waals surface area contributed by atoms with E-state index >= 15 is 0 Å². The average Bonchev–Trinajstić information content (AvgIpc) is 2.11. The highest BCUT2D eigenvalue weighted by molar-refractivity contribution is 9.08. The number of esters is 1. The minimum atomic E-state index is -2.87. The van der Waals surface area contributed by atoms with E-state index in [1.54, 1.807) is 13.8 Å². The highest BCUT2D eigenvalue weighted by Crippen LogP contribution is 2.28. The van der Waals surface area contributed by atoms with Crippen LogP contribution in [0.25, 0.3) is 0 Å². The number of halogens is 3. The Kier molecular flexibility index (Phi) is 6.28. The Morgan fingerprint density at radius 3 is 2.33 bits per heavy atom. The molecule has 0 rings (SSSR count). The molecule has 0 aromatic rings. The van der Waals surface area contributed by atoms with E-state index in [2.05, 4.69) is 25.2 Å². The second kappa shape index (κ2) is 6.37. The van der Waals surface area contributed by atoms with Gasteiger partial charge in [-0.3, -0.25) is 4.79 Å². The summed E-state index contributed by atoms with van der Waals surface area (Å²) in [5.74, 6) is -3.68. The van der Waals surface area contributed by atoms with Crippen molar-refractivity contribution >= 4 is 22.1 Å². The van der Waals surface area contributed by atoms with Crippen LogP contribution in [0.1, 0.15) is 26.7 Å². The summed E-state index contributed by atoms with van der Waals surface area (Å²) in [6.45, 7) is 3.42. The molecule has 0 aliphatic carbocycles. The standard InChI is InChI=1S/C9H16BrF2NO2/c1-6(2)4-9(11,12)5-7(13-10)8(14)15-3/h6-7,13H,4-5H2,1-3H3/t7-/m0/s1. The predicted molar refractivity (Wildman–Crippen MR) is 56.9 cm³/mol. The molecule has 1 N–H and O–H groups in total. The van der Waals surface area contributed by atoms with Gasteiger partial charge >= 0.3 is 5.97 Å². The zero-order valence-corrected chi connectivity index (χ0v) is 10.6. The lowest BCUT2D eigenvalue weighted by Gasteiger charge is -2.22. The number of hydrogen-bond acceptors (Lipinski definition) is 3. The van der Waals surface area contributed by atoms with Crippen molar-refractivity contribution in [2.75, 3.05) is 7.11 Å². The van der Waals surface area contributed by atoms with Gasteiger partial charge in [-0.2, -0.15) is 0 Å². The minimum Gasteiger partial charge on any atom is -0.468 e. The largest absolute Gasteiger partial charge is 0.468 e. The van der Waals surface area contributed by atoms with Crippen LogP contribution in [0.3, 0.4) is 0 Å². The quantitative estimate of drug-likeness (QED) is 0.603. The van der Waals surface area contributed by atoms with E-state index < -0.39 is 24.4 Å². The van der Waals surface area contributed by atoms with Crippen LogP contribution in [0.4, 0.5) is 8.78 Å². The molecule has 15 heavy (non-hydrogen) atoms. The fraction of sp³-hybridized carbons (Fsp3) is 0.889. The number of nitrogens with one attached hydrogen (secondary N) is 1. The van der Waals surface area contributed by atoms with Gasteiger partial charge in [-0.15, -0.1) is 0 Å². The fourth-order valence-electron chi connectivity index (χ4n) is 1.29. The predicted octanol–water partition coefficient (Wildman–Crippen LogP) is 2.50. The first-order valence-electron chi connectivity index (χ1n) is 4.64. The third-order valence-electron chi connectivity index (χ3n) is 1.83. The average molecular weight is 288 g/mol. The van der Waals surface area contributed by atoms with Gasteiger partial charge in [-0.1, -0.05) is 13.8 Å². The Balaban J connectivity index is 4.33. The molecule has 0 spiro atoms. The van der Waals surface area contributed by atoms with E-state index in [0.717, 1.165) is 0 Å². The molecule has 6 heteroatoms. The van der Waals surface area contributed by atoms with Crippen molar-refractivity contribution in [2.24, 2.45) is 5.92 Å². The van der Waals surface area contributed by atoms with Crippen molar-refractivity contribution < 1.29 is 18.3 Å². The summed E-state index contributed by atoms with van der Waals surface area (Å²) in [6, 6.07) is -1.02. The molecular formula is C9H16BrF2NO2. The lowest BCUT2D eigenvalue weighted by atomic mass is 9.99. The monoisotopic (exact) mass is 287 g/mol. The van der Waals surface area contributed by atoms with E-state index in [9.17, 15) is 13.6 Å². The van der Waals surface area contributed by atoms with Gasteiger partial charge < -0.3 is 4.74 Å². The Hall–Kier alpha value is -0.230. The molecule has 3 nitrogen and oxygen atoms in total. The maximum absolute atomic E-state index is 13.3. The van der Waals surface area contributed by atoms with Crippen LogP contribution < -0.4 is 4.34 Å². The molecule has 0 fully saturated rings. The smallest absolute Gasteiger partial charge is 0.323 e. The molecule has 0 aromatic heterocycles. The van der Waals surface area contributed by atoms with Crippen LogP contribution in [-0.2, 0) is 9.53 Å². The van der Waals surface area contributed by atoms with Gasteiger partial charge in [0.25, 0.3) is 5.92 Å². The molecule has 0 saturated carbocycles. The summed E-state index contributed by atoms with van der Waals surface area (Å²) in [7, 11) is 1.17. The first-order chi connectivity index (χ1) is 6.82. The van der Waals surface area contributed by atoms with Gasteiger partial charge in [0.1, 0.15) is 6.04 Å². The number of carbonyl (C=O) groups excluding carboxylic acids is 1. The highest BCUT2D eigenvalue weighted by Gasteiger charge is 2.36. The molecule has 0 heterocycles. The summed E-state index contributed by atoms with van der Waals surface area (Å²) < 4.78 is 33.4. The summed E-state index contributed by atoms with van der Waals surface area (Å²) in [4.78, 5) is 11.1. The number of methoxy groups -OCH3 is 1. The third-order valence-corrected chi connectivity index (χ3v) is 2.38. The van der Waals surface area contributed by atoms with Crippen molar-refractivity contribution in [1.29, 1.82) is 0 Å². The van der Waals surface area contributed by atoms with Crippen molar-refractivity contribution in [3.63, 3.8) is 0 Å².